The third-order valence-electron chi connectivity index (χ3n) is 3.10. The van der Waals surface area contributed by atoms with Gasteiger partial charge in [0.15, 0.2) is 0 Å². The van der Waals surface area contributed by atoms with Crippen LogP contribution in [0.3, 0.4) is 0 Å². The molecule has 1 nitrogen and oxygen atoms in total. The van der Waals surface area contributed by atoms with Crippen molar-refractivity contribution in [2.45, 2.75) is 38.0 Å². The second kappa shape index (κ2) is 4.50. The first-order valence-corrected chi connectivity index (χ1v) is 5.46. The second-order valence-corrected chi connectivity index (χ2v) is 3.99. The number of hydrogen-bond acceptors (Lipinski definition) is 1. The molecule has 1 heteroatoms. The van der Waals surface area contributed by atoms with Crippen molar-refractivity contribution in [3.63, 3.8) is 0 Å². The van der Waals surface area contributed by atoms with Crippen LogP contribution in [0.1, 0.15) is 43.6 Å². The number of hydrogen-bond donors (Lipinski definition) is 0. The lowest BCUT2D eigenvalue weighted by molar-refractivity contribution is 0.386. The molecule has 0 N–H and O–H groups in total. The second-order valence-electron chi connectivity index (χ2n) is 3.99. The Morgan fingerprint density at radius 2 is 2.07 bits per heavy atom. The van der Waals surface area contributed by atoms with Gasteiger partial charge in [-0.3, -0.25) is 0 Å². The van der Waals surface area contributed by atoms with E-state index in [0.717, 1.165) is 5.75 Å². The van der Waals surface area contributed by atoms with Crippen LogP contribution < -0.4 is 4.74 Å². The van der Waals surface area contributed by atoms with Gasteiger partial charge in [-0.15, -0.1) is 0 Å². The summed E-state index contributed by atoms with van der Waals surface area (Å²) in [5, 5.41) is 0. The molecule has 75 valence electrons. The molecular formula is C13H17O. The molecule has 1 radical (unpaired) electrons. The Morgan fingerprint density at radius 1 is 1.29 bits per heavy atom. The summed E-state index contributed by atoms with van der Waals surface area (Å²) in [5.41, 5.74) is 1.36. The van der Waals surface area contributed by atoms with E-state index >= 15 is 0 Å². The largest absolute Gasteiger partial charge is 0.496 e. The van der Waals surface area contributed by atoms with E-state index in [1.54, 1.807) is 7.11 Å². The van der Waals surface area contributed by atoms with E-state index in [9.17, 15) is 0 Å². The quantitative estimate of drug-likeness (QED) is 0.691. The summed E-state index contributed by atoms with van der Waals surface area (Å²) in [6.07, 6.45) is 6.75. The standard InChI is InChI=1S/C13H17O/c1-14-13-10-6-5-9-12(13)11-7-3-2-4-8-11/h5-6,9,11H,2-4,7-8H2,1H3. The molecule has 1 aliphatic carbocycles. The van der Waals surface area contributed by atoms with Gasteiger partial charge in [0.05, 0.1) is 7.11 Å². The summed E-state index contributed by atoms with van der Waals surface area (Å²) < 4.78 is 5.34. The van der Waals surface area contributed by atoms with Crippen LogP contribution in [0.25, 0.3) is 0 Å². The Kier molecular flexibility index (Phi) is 3.07. The van der Waals surface area contributed by atoms with Crippen LogP contribution in [0, 0.1) is 6.07 Å². The highest BCUT2D eigenvalue weighted by Gasteiger charge is 2.18. The molecule has 0 aliphatic heterocycles. The summed E-state index contributed by atoms with van der Waals surface area (Å²) in [4.78, 5) is 0. The van der Waals surface area contributed by atoms with Gasteiger partial charge in [-0.05, 0) is 24.3 Å². The minimum Gasteiger partial charge on any atom is -0.496 e. The maximum atomic E-state index is 5.34. The minimum absolute atomic E-state index is 0.705. The van der Waals surface area contributed by atoms with Crippen LogP contribution in [0.2, 0.25) is 0 Å². The van der Waals surface area contributed by atoms with Crippen LogP contribution in [0.5, 0.6) is 5.75 Å². The number of rotatable bonds is 2. The fraction of sp³-hybridized carbons (Fsp3) is 0.538. The molecule has 0 atom stereocenters. The maximum Gasteiger partial charge on any atom is 0.130 e. The highest BCUT2D eigenvalue weighted by Crippen LogP contribution is 2.36. The molecular weight excluding hydrogens is 172 g/mol. The molecule has 14 heavy (non-hydrogen) atoms. The smallest absolute Gasteiger partial charge is 0.130 e. The Hall–Kier alpha value is -0.980. The van der Waals surface area contributed by atoms with Crippen molar-refractivity contribution in [3.05, 3.63) is 29.8 Å². The van der Waals surface area contributed by atoms with E-state index in [0.29, 0.717) is 5.92 Å². The molecule has 0 heterocycles. The van der Waals surface area contributed by atoms with Crippen molar-refractivity contribution >= 4 is 0 Å². The van der Waals surface area contributed by atoms with Gasteiger partial charge < -0.3 is 4.74 Å². The Morgan fingerprint density at radius 3 is 2.79 bits per heavy atom. The fourth-order valence-electron chi connectivity index (χ4n) is 2.35. The molecule has 0 unspecified atom stereocenters. The van der Waals surface area contributed by atoms with Gasteiger partial charge in [-0.2, -0.15) is 0 Å². The van der Waals surface area contributed by atoms with Crippen LogP contribution in [-0.4, -0.2) is 7.11 Å². The van der Waals surface area contributed by atoms with Gasteiger partial charge in [-0.25, -0.2) is 0 Å². The van der Waals surface area contributed by atoms with E-state index < -0.39 is 0 Å². The Labute approximate surface area is 86.1 Å². The van der Waals surface area contributed by atoms with Gasteiger partial charge in [0.25, 0.3) is 0 Å². The van der Waals surface area contributed by atoms with Crippen LogP contribution in [0.15, 0.2) is 18.2 Å². The summed E-state index contributed by atoms with van der Waals surface area (Å²) in [7, 11) is 1.73. The zero-order valence-electron chi connectivity index (χ0n) is 8.75. The van der Waals surface area contributed by atoms with Crippen LogP contribution in [0.4, 0.5) is 0 Å². The van der Waals surface area contributed by atoms with E-state index in [4.69, 9.17) is 4.74 Å². The summed E-state index contributed by atoms with van der Waals surface area (Å²) in [6.45, 7) is 0. The molecule has 1 aromatic carbocycles. The third kappa shape index (κ3) is 1.92. The molecule has 1 aromatic rings. The average molecular weight is 189 g/mol. The van der Waals surface area contributed by atoms with E-state index in [1.165, 1.54) is 37.7 Å². The molecule has 1 fully saturated rings. The zero-order chi connectivity index (χ0) is 9.80. The first-order chi connectivity index (χ1) is 6.92. The number of ether oxygens (including phenoxy) is 1. The summed E-state index contributed by atoms with van der Waals surface area (Å²) in [6, 6.07) is 9.33. The first kappa shape index (κ1) is 9.57. The highest BCUT2D eigenvalue weighted by molar-refractivity contribution is 5.35. The minimum atomic E-state index is 0.705. The molecule has 0 spiro atoms. The first-order valence-electron chi connectivity index (χ1n) is 5.46. The third-order valence-corrected chi connectivity index (χ3v) is 3.10. The van der Waals surface area contributed by atoms with E-state index in [2.05, 4.69) is 18.2 Å². The van der Waals surface area contributed by atoms with Crippen molar-refractivity contribution in [3.8, 4) is 5.75 Å². The predicted octanol–water partition coefficient (Wildman–Crippen LogP) is 3.54. The van der Waals surface area contributed by atoms with Crippen LogP contribution in [-0.2, 0) is 0 Å². The summed E-state index contributed by atoms with van der Waals surface area (Å²) >= 11 is 0. The lowest BCUT2D eigenvalue weighted by Gasteiger charge is -2.23. The topological polar surface area (TPSA) is 9.23 Å². The SMILES string of the molecule is COc1[c]cccc1C1CCCCC1. The Balaban J connectivity index is 2.20. The molecule has 0 aromatic heterocycles. The lowest BCUT2D eigenvalue weighted by Crippen LogP contribution is -2.06. The number of benzene rings is 1. The van der Waals surface area contributed by atoms with Crippen molar-refractivity contribution < 1.29 is 4.74 Å². The van der Waals surface area contributed by atoms with Crippen molar-refractivity contribution in [2.24, 2.45) is 0 Å². The monoisotopic (exact) mass is 189 g/mol. The maximum absolute atomic E-state index is 5.34. The van der Waals surface area contributed by atoms with Gasteiger partial charge in [-0.1, -0.05) is 37.5 Å². The van der Waals surface area contributed by atoms with Gasteiger partial charge in [0.2, 0.25) is 0 Å². The molecule has 1 aliphatic rings. The predicted molar refractivity (Wildman–Crippen MR) is 57.7 cm³/mol. The molecule has 0 bridgehead atoms. The molecule has 2 rings (SSSR count). The Bertz CT molecular complexity index is 287. The number of para-hydroxylation sites is 1. The van der Waals surface area contributed by atoms with Crippen molar-refractivity contribution in [1.29, 1.82) is 0 Å². The summed E-state index contributed by atoms with van der Waals surface area (Å²) in [5.74, 6) is 1.65. The zero-order valence-corrected chi connectivity index (χ0v) is 8.75. The normalized spacial score (nSPS) is 18.1. The average Bonchev–Trinajstić information content (AvgIpc) is 2.30. The van der Waals surface area contributed by atoms with Gasteiger partial charge in [0.1, 0.15) is 5.75 Å². The number of methoxy groups -OCH3 is 1. The van der Waals surface area contributed by atoms with Gasteiger partial charge in [0, 0.05) is 6.07 Å². The van der Waals surface area contributed by atoms with Crippen molar-refractivity contribution in [1.82, 2.24) is 0 Å². The van der Waals surface area contributed by atoms with E-state index in [-0.39, 0.29) is 0 Å². The molecule has 1 saturated carbocycles. The van der Waals surface area contributed by atoms with Crippen molar-refractivity contribution in [2.75, 3.05) is 7.11 Å². The molecule has 0 saturated heterocycles. The fourth-order valence-corrected chi connectivity index (χ4v) is 2.35. The highest BCUT2D eigenvalue weighted by atomic mass is 16.5. The van der Waals surface area contributed by atoms with E-state index in [1.807, 2.05) is 6.07 Å². The van der Waals surface area contributed by atoms with Gasteiger partial charge >= 0.3 is 0 Å². The lowest BCUT2D eigenvalue weighted by atomic mass is 9.84. The molecule has 0 amide bonds. The van der Waals surface area contributed by atoms with Crippen LogP contribution >= 0.6 is 0 Å².